The minimum atomic E-state index is -0.548. The fourth-order valence-electron chi connectivity index (χ4n) is 1.85. The van der Waals surface area contributed by atoms with Crippen LogP contribution in [-0.2, 0) is 0 Å². The lowest BCUT2D eigenvalue weighted by Crippen LogP contribution is -2.14. The smallest absolute Gasteiger partial charge is 0.285 e. The number of carbonyl (C=O) groups excluding carboxylic acids is 1. The lowest BCUT2D eigenvalue weighted by atomic mass is 10.1. The van der Waals surface area contributed by atoms with Crippen LogP contribution in [0.4, 0.5) is 17.1 Å². The van der Waals surface area contributed by atoms with Crippen molar-refractivity contribution in [3.63, 3.8) is 0 Å². The Bertz CT molecular complexity index is 666. The number of aryl methyl sites for hydroxylation is 1. The molecule has 0 unspecified atom stereocenters. The minimum Gasteiger partial charge on any atom is -0.399 e. The summed E-state index contributed by atoms with van der Waals surface area (Å²) >= 11 is 0. The molecule has 0 bridgehead atoms. The number of nitro groups is 1. The summed E-state index contributed by atoms with van der Waals surface area (Å²) in [7, 11) is 0. The molecule has 0 fully saturated rings. The van der Waals surface area contributed by atoms with Gasteiger partial charge in [0.1, 0.15) is 5.56 Å². The van der Waals surface area contributed by atoms with E-state index >= 15 is 0 Å². The molecule has 2 aromatic rings. The van der Waals surface area contributed by atoms with Gasteiger partial charge in [0.2, 0.25) is 0 Å². The number of rotatable bonds is 3. The van der Waals surface area contributed by atoms with Crippen LogP contribution < -0.4 is 11.1 Å². The highest BCUT2D eigenvalue weighted by Gasteiger charge is 2.22. The molecule has 0 radical (unpaired) electrons. The monoisotopic (exact) mass is 271 g/mol. The summed E-state index contributed by atoms with van der Waals surface area (Å²) in [5.41, 5.74) is 6.95. The van der Waals surface area contributed by atoms with Gasteiger partial charge in [-0.15, -0.1) is 0 Å². The van der Waals surface area contributed by atoms with Crippen molar-refractivity contribution in [3.05, 3.63) is 63.7 Å². The Hall–Kier alpha value is -2.89. The summed E-state index contributed by atoms with van der Waals surface area (Å²) in [6, 6.07) is 11.2. The largest absolute Gasteiger partial charge is 0.399 e. The Kier molecular flexibility index (Phi) is 3.65. The van der Waals surface area contributed by atoms with Gasteiger partial charge in [-0.05, 0) is 37.3 Å². The highest BCUT2D eigenvalue weighted by atomic mass is 16.6. The number of benzene rings is 2. The van der Waals surface area contributed by atoms with Gasteiger partial charge in [-0.25, -0.2) is 0 Å². The van der Waals surface area contributed by atoms with Gasteiger partial charge < -0.3 is 11.1 Å². The molecule has 0 aliphatic heterocycles. The molecule has 0 saturated carbocycles. The van der Waals surface area contributed by atoms with Gasteiger partial charge in [-0.1, -0.05) is 12.1 Å². The molecule has 0 aliphatic carbocycles. The first-order valence-electron chi connectivity index (χ1n) is 5.90. The van der Waals surface area contributed by atoms with Crippen LogP contribution in [0.25, 0.3) is 0 Å². The molecule has 2 rings (SSSR count). The lowest BCUT2D eigenvalue weighted by molar-refractivity contribution is -0.385. The second-order valence-electron chi connectivity index (χ2n) is 4.30. The van der Waals surface area contributed by atoms with Crippen molar-refractivity contribution in [2.45, 2.75) is 6.92 Å². The predicted molar refractivity (Wildman–Crippen MR) is 76.6 cm³/mol. The summed E-state index contributed by atoms with van der Waals surface area (Å²) in [5.74, 6) is -0.523. The number of amides is 1. The third-order valence-corrected chi connectivity index (χ3v) is 2.83. The third kappa shape index (κ3) is 2.74. The molecule has 0 saturated heterocycles. The standard InChI is InChI=1S/C14H13N3O3/c1-9-3-2-4-12(13(9)17(19)20)14(18)16-11-7-5-10(15)6-8-11/h2-8H,15H2,1H3,(H,16,18). The molecule has 3 N–H and O–H groups in total. The maximum atomic E-state index is 12.1. The molecule has 20 heavy (non-hydrogen) atoms. The molecule has 6 heteroatoms. The molecule has 0 spiro atoms. The molecule has 0 heterocycles. The van der Waals surface area contributed by atoms with E-state index in [4.69, 9.17) is 5.73 Å². The molecule has 0 aliphatic rings. The van der Waals surface area contributed by atoms with Crippen molar-refractivity contribution in [2.75, 3.05) is 11.1 Å². The number of hydrogen-bond acceptors (Lipinski definition) is 4. The quantitative estimate of drug-likeness (QED) is 0.509. The number of nitrogen functional groups attached to an aromatic ring is 1. The molecule has 2 aromatic carbocycles. The molecule has 102 valence electrons. The van der Waals surface area contributed by atoms with Crippen molar-refractivity contribution < 1.29 is 9.72 Å². The minimum absolute atomic E-state index is 0.0341. The zero-order valence-corrected chi connectivity index (χ0v) is 10.8. The van der Waals surface area contributed by atoms with E-state index in [0.717, 1.165) is 0 Å². The summed E-state index contributed by atoms with van der Waals surface area (Å²) in [6.45, 7) is 1.60. The second kappa shape index (κ2) is 5.40. The van der Waals surface area contributed by atoms with E-state index in [1.165, 1.54) is 6.07 Å². The number of para-hydroxylation sites is 1. The van der Waals surface area contributed by atoms with Crippen molar-refractivity contribution in [1.29, 1.82) is 0 Å². The van der Waals surface area contributed by atoms with Crippen LogP contribution in [-0.4, -0.2) is 10.8 Å². The van der Waals surface area contributed by atoms with Crippen LogP contribution in [0.5, 0.6) is 0 Å². The van der Waals surface area contributed by atoms with Gasteiger partial charge in [0.05, 0.1) is 4.92 Å². The molecule has 0 atom stereocenters. The number of nitrogens with zero attached hydrogens (tertiary/aromatic N) is 1. The first kappa shape index (κ1) is 13.5. The molecular weight excluding hydrogens is 258 g/mol. The topological polar surface area (TPSA) is 98.3 Å². The van der Waals surface area contributed by atoms with E-state index in [1.54, 1.807) is 43.3 Å². The molecule has 6 nitrogen and oxygen atoms in total. The van der Waals surface area contributed by atoms with Crippen molar-refractivity contribution >= 4 is 23.0 Å². The van der Waals surface area contributed by atoms with Crippen molar-refractivity contribution in [3.8, 4) is 0 Å². The summed E-state index contributed by atoms with van der Waals surface area (Å²) < 4.78 is 0. The van der Waals surface area contributed by atoms with Gasteiger partial charge >= 0.3 is 0 Å². The van der Waals surface area contributed by atoms with Crippen molar-refractivity contribution in [1.82, 2.24) is 0 Å². The van der Waals surface area contributed by atoms with Crippen LogP contribution in [0.1, 0.15) is 15.9 Å². The number of anilines is 2. The van der Waals surface area contributed by atoms with E-state index in [9.17, 15) is 14.9 Å². The molecular formula is C14H13N3O3. The third-order valence-electron chi connectivity index (χ3n) is 2.83. The van der Waals surface area contributed by atoms with E-state index in [1.807, 2.05) is 0 Å². The van der Waals surface area contributed by atoms with Crippen LogP contribution in [0, 0.1) is 17.0 Å². The van der Waals surface area contributed by atoms with E-state index in [-0.39, 0.29) is 11.3 Å². The normalized spacial score (nSPS) is 10.1. The first-order chi connectivity index (χ1) is 9.49. The number of nitro benzene ring substituents is 1. The first-order valence-corrected chi connectivity index (χ1v) is 5.90. The van der Waals surface area contributed by atoms with Gasteiger partial charge in [0, 0.05) is 16.9 Å². The summed E-state index contributed by atoms with van der Waals surface area (Å²) in [5, 5.41) is 13.7. The molecule has 0 aromatic heterocycles. The van der Waals surface area contributed by atoms with Crippen LogP contribution in [0.2, 0.25) is 0 Å². The van der Waals surface area contributed by atoms with Crippen LogP contribution in [0.15, 0.2) is 42.5 Å². The second-order valence-corrected chi connectivity index (χ2v) is 4.30. The number of nitrogens with two attached hydrogens (primary N) is 1. The Labute approximate surface area is 115 Å². The predicted octanol–water partition coefficient (Wildman–Crippen LogP) is 2.74. The zero-order chi connectivity index (χ0) is 14.7. The number of carbonyl (C=O) groups is 1. The average Bonchev–Trinajstić information content (AvgIpc) is 2.40. The van der Waals surface area contributed by atoms with Crippen LogP contribution >= 0.6 is 0 Å². The van der Waals surface area contributed by atoms with E-state index < -0.39 is 10.8 Å². The SMILES string of the molecule is Cc1cccc(C(=O)Nc2ccc(N)cc2)c1[N+](=O)[O-]. The van der Waals surface area contributed by atoms with Crippen LogP contribution in [0.3, 0.4) is 0 Å². The average molecular weight is 271 g/mol. The lowest BCUT2D eigenvalue weighted by Gasteiger charge is -2.07. The summed E-state index contributed by atoms with van der Waals surface area (Å²) in [6.07, 6.45) is 0. The Morgan fingerprint density at radius 1 is 1.20 bits per heavy atom. The zero-order valence-electron chi connectivity index (χ0n) is 10.8. The van der Waals surface area contributed by atoms with Gasteiger partial charge in [-0.2, -0.15) is 0 Å². The highest BCUT2D eigenvalue weighted by Crippen LogP contribution is 2.24. The van der Waals surface area contributed by atoms with Gasteiger partial charge in [-0.3, -0.25) is 14.9 Å². The Balaban J connectivity index is 2.32. The number of hydrogen-bond donors (Lipinski definition) is 2. The van der Waals surface area contributed by atoms with E-state index in [2.05, 4.69) is 5.32 Å². The van der Waals surface area contributed by atoms with Gasteiger partial charge in [0.15, 0.2) is 0 Å². The Morgan fingerprint density at radius 2 is 1.85 bits per heavy atom. The fraction of sp³-hybridized carbons (Fsp3) is 0.0714. The Morgan fingerprint density at radius 3 is 2.45 bits per heavy atom. The maximum Gasteiger partial charge on any atom is 0.285 e. The fourth-order valence-corrected chi connectivity index (χ4v) is 1.85. The van der Waals surface area contributed by atoms with E-state index in [0.29, 0.717) is 16.9 Å². The maximum absolute atomic E-state index is 12.1. The number of nitrogens with one attached hydrogen (secondary N) is 1. The summed E-state index contributed by atoms with van der Waals surface area (Å²) in [4.78, 5) is 22.6. The van der Waals surface area contributed by atoms with Crippen molar-refractivity contribution in [2.24, 2.45) is 0 Å². The van der Waals surface area contributed by atoms with Gasteiger partial charge in [0.25, 0.3) is 11.6 Å². The highest BCUT2D eigenvalue weighted by molar-refractivity contribution is 6.07. The molecule has 1 amide bonds.